The van der Waals surface area contributed by atoms with E-state index in [4.69, 9.17) is 9.47 Å². The first-order chi connectivity index (χ1) is 11.2. The van der Waals surface area contributed by atoms with Crippen molar-refractivity contribution >= 4 is 11.8 Å². The summed E-state index contributed by atoms with van der Waals surface area (Å²) in [6.45, 7) is 1.82. The fourth-order valence-corrected chi connectivity index (χ4v) is 3.46. The predicted molar refractivity (Wildman–Crippen MR) is 84.0 cm³/mol. The second-order valence-corrected chi connectivity index (χ2v) is 5.90. The van der Waals surface area contributed by atoms with Crippen molar-refractivity contribution in [1.29, 1.82) is 0 Å². The standard InChI is InChI=1S/C17H22N2O4/c1-22-10-9-19-14-7-8-18(15(14)11-16(19)20)17(21)12-23-13-5-3-2-4-6-13/h2-6,14-15H,7-12H2,1H3/t14-,15-/m1/s1. The Hall–Kier alpha value is -2.08. The van der Waals surface area contributed by atoms with Crippen LogP contribution >= 0.6 is 0 Å². The molecule has 124 valence electrons. The van der Waals surface area contributed by atoms with Crippen molar-refractivity contribution in [2.24, 2.45) is 0 Å². The van der Waals surface area contributed by atoms with Crippen LogP contribution in [0.3, 0.4) is 0 Å². The highest BCUT2D eigenvalue weighted by molar-refractivity contribution is 5.84. The molecule has 0 saturated carbocycles. The van der Waals surface area contributed by atoms with Gasteiger partial charge in [0.05, 0.1) is 18.7 Å². The van der Waals surface area contributed by atoms with Gasteiger partial charge in [-0.3, -0.25) is 9.59 Å². The largest absolute Gasteiger partial charge is 0.484 e. The fourth-order valence-electron chi connectivity index (χ4n) is 3.46. The number of rotatable bonds is 6. The highest BCUT2D eigenvalue weighted by Gasteiger charge is 2.47. The molecule has 1 aromatic carbocycles. The number of ether oxygens (including phenoxy) is 2. The van der Waals surface area contributed by atoms with E-state index in [0.29, 0.717) is 31.9 Å². The van der Waals surface area contributed by atoms with Gasteiger partial charge < -0.3 is 19.3 Å². The molecule has 6 heteroatoms. The first-order valence-corrected chi connectivity index (χ1v) is 7.96. The summed E-state index contributed by atoms with van der Waals surface area (Å²) in [4.78, 5) is 28.2. The molecule has 1 aromatic rings. The highest BCUT2D eigenvalue weighted by Crippen LogP contribution is 2.32. The number of carbonyl (C=O) groups excluding carboxylic acids is 2. The second-order valence-electron chi connectivity index (χ2n) is 5.90. The van der Waals surface area contributed by atoms with Gasteiger partial charge in [0.15, 0.2) is 6.61 Å². The molecule has 23 heavy (non-hydrogen) atoms. The minimum Gasteiger partial charge on any atom is -0.484 e. The molecule has 2 aliphatic heterocycles. The monoisotopic (exact) mass is 318 g/mol. The van der Waals surface area contributed by atoms with E-state index in [-0.39, 0.29) is 30.5 Å². The van der Waals surface area contributed by atoms with E-state index in [1.165, 1.54) is 0 Å². The number of likely N-dealkylation sites (tertiary alicyclic amines) is 2. The van der Waals surface area contributed by atoms with E-state index >= 15 is 0 Å². The molecule has 2 fully saturated rings. The third-order valence-corrected chi connectivity index (χ3v) is 4.58. The van der Waals surface area contributed by atoms with Crippen LogP contribution in [-0.4, -0.2) is 67.1 Å². The second kappa shape index (κ2) is 7.00. The Morgan fingerprint density at radius 3 is 2.78 bits per heavy atom. The van der Waals surface area contributed by atoms with Gasteiger partial charge in [-0.05, 0) is 18.6 Å². The van der Waals surface area contributed by atoms with Crippen LogP contribution in [0.15, 0.2) is 30.3 Å². The molecule has 0 aliphatic carbocycles. The molecule has 0 radical (unpaired) electrons. The lowest BCUT2D eigenvalue weighted by atomic mass is 10.1. The molecule has 2 aliphatic rings. The Kier molecular flexibility index (Phi) is 4.81. The van der Waals surface area contributed by atoms with Gasteiger partial charge in [0.1, 0.15) is 5.75 Å². The Bertz CT molecular complexity index is 563. The van der Waals surface area contributed by atoms with Crippen LogP contribution in [0.2, 0.25) is 0 Å². The molecule has 0 spiro atoms. The smallest absolute Gasteiger partial charge is 0.260 e. The molecular formula is C17H22N2O4. The minimum absolute atomic E-state index is 0.0134. The van der Waals surface area contributed by atoms with Crippen LogP contribution in [-0.2, 0) is 14.3 Å². The first-order valence-electron chi connectivity index (χ1n) is 7.96. The van der Waals surface area contributed by atoms with Crippen LogP contribution in [0, 0.1) is 0 Å². The van der Waals surface area contributed by atoms with Crippen LogP contribution < -0.4 is 4.74 Å². The summed E-state index contributed by atoms with van der Waals surface area (Å²) in [5, 5.41) is 0. The number of benzene rings is 1. The maximum atomic E-state index is 12.4. The molecule has 2 saturated heterocycles. The van der Waals surface area contributed by atoms with Crippen LogP contribution in [0.25, 0.3) is 0 Å². The molecule has 0 bridgehead atoms. The summed E-state index contributed by atoms with van der Waals surface area (Å²) in [5.74, 6) is 0.738. The number of nitrogens with zero attached hydrogens (tertiary/aromatic N) is 2. The highest BCUT2D eigenvalue weighted by atomic mass is 16.5. The molecule has 3 rings (SSSR count). The minimum atomic E-state index is -0.0530. The normalized spacial score (nSPS) is 23.3. The Morgan fingerprint density at radius 2 is 2.04 bits per heavy atom. The van der Waals surface area contributed by atoms with Crippen molar-refractivity contribution in [3.05, 3.63) is 30.3 Å². The summed E-state index contributed by atoms with van der Waals surface area (Å²) < 4.78 is 10.6. The van der Waals surface area contributed by atoms with Gasteiger partial charge in [0, 0.05) is 26.6 Å². The van der Waals surface area contributed by atoms with Crippen molar-refractivity contribution in [3.63, 3.8) is 0 Å². The third kappa shape index (κ3) is 3.32. The number of para-hydroxylation sites is 1. The van der Waals surface area contributed by atoms with Gasteiger partial charge in [-0.2, -0.15) is 0 Å². The van der Waals surface area contributed by atoms with Gasteiger partial charge >= 0.3 is 0 Å². The third-order valence-electron chi connectivity index (χ3n) is 4.58. The van der Waals surface area contributed by atoms with Crippen LogP contribution in [0.4, 0.5) is 0 Å². The van der Waals surface area contributed by atoms with E-state index in [9.17, 15) is 9.59 Å². The maximum Gasteiger partial charge on any atom is 0.260 e. The Morgan fingerprint density at radius 1 is 1.26 bits per heavy atom. The summed E-state index contributed by atoms with van der Waals surface area (Å²) >= 11 is 0. The molecule has 0 unspecified atom stereocenters. The predicted octanol–water partition coefficient (Wildman–Crippen LogP) is 0.914. The molecule has 0 aromatic heterocycles. The number of carbonyl (C=O) groups is 2. The zero-order valence-corrected chi connectivity index (χ0v) is 13.3. The molecular weight excluding hydrogens is 296 g/mol. The zero-order chi connectivity index (χ0) is 16.2. The number of fused-ring (bicyclic) bond motifs is 1. The maximum absolute atomic E-state index is 12.4. The average molecular weight is 318 g/mol. The molecule has 2 atom stereocenters. The van der Waals surface area contributed by atoms with Crippen molar-refractivity contribution in [1.82, 2.24) is 9.80 Å². The summed E-state index contributed by atoms with van der Waals surface area (Å²) in [5.41, 5.74) is 0. The lowest BCUT2D eigenvalue weighted by Gasteiger charge is -2.25. The average Bonchev–Trinajstić information content (AvgIpc) is 3.10. The number of hydrogen-bond donors (Lipinski definition) is 0. The Labute approximate surface area is 136 Å². The zero-order valence-electron chi connectivity index (χ0n) is 13.3. The van der Waals surface area contributed by atoms with Gasteiger partial charge in [0.25, 0.3) is 5.91 Å². The molecule has 0 N–H and O–H groups in total. The van der Waals surface area contributed by atoms with Crippen molar-refractivity contribution < 1.29 is 19.1 Å². The van der Waals surface area contributed by atoms with Gasteiger partial charge in [-0.25, -0.2) is 0 Å². The number of methoxy groups -OCH3 is 1. The summed E-state index contributed by atoms with van der Waals surface area (Å²) in [7, 11) is 1.63. The van der Waals surface area contributed by atoms with Gasteiger partial charge in [0.2, 0.25) is 5.91 Å². The van der Waals surface area contributed by atoms with Gasteiger partial charge in [-0.15, -0.1) is 0 Å². The lowest BCUT2D eigenvalue weighted by Crippen LogP contribution is -2.42. The topological polar surface area (TPSA) is 59.1 Å². The molecule has 6 nitrogen and oxygen atoms in total. The summed E-state index contributed by atoms with van der Waals surface area (Å²) in [6.07, 6.45) is 1.24. The number of amides is 2. The first kappa shape index (κ1) is 15.8. The van der Waals surface area contributed by atoms with Crippen molar-refractivity contribution in [3.8, 4) is 5.75 Å². The van der Waals surface area contributed by atoms with Gasteiger partial charge in [-0.1, -0.05) is 18.2 Å². The molecule has 2 amide bonds. The van der Waals surface area contributed by atoms with E-state index < -0.39 is 0 Å². The van der Waals surface area contributed by atoms with Crippen molar-refractivity contribution in [2.45, 2.75) is 24.9 Å². The fraction of sp³-hybridized carbons (Fsp3) is 0.529. The van der Waals surface area contributed by atoms with Crippen molar-refractivity contribution in [2.75, 3.05) is 33.4 Å². The van der Waals surface area contributed by atoms with Crippen LogP contribution in [0.1, 0.15) is 12.8 Å². The van der Waals surface area contributed by atoms with E-state index in [1.54, 1.807) is 12.0 Å². The van der Waals surface area contributed by atoms with E-state index in [2.05, 4.69) is 0 Å². The lowest BCUT2D eigenvalue weighted by molar-refractivity contribution is -0.134. The Balaban J connectivity index is 1.57. The quantitative estimate of drug-likeness (QED) is 0.782. The number of hydrogen-bond acceptors (Lipinski definition) is 4. The van der Waals surface area contributed by atoms with E-state index in [0.717, 1.165) is 6.42 Å². The summed E-state index contributed by atoms with van der Waals surface area (Å²) in [6, 6.07) is 9.39. The molecule has 2 heterocycles. The van der Waals surface area contributed by atoms with E-state index in [1.807, 2.05) is 35.2 Å². The SMILES string of the molecule is COCCN1C(=O)C[C@@H]2[C@H]1CCN2C(=O)COc1ccccc1. The van der Waals surface area contributed by atoms with Crippen LogP contribution in [0.5, 0.6) is 5.75 Å².